The molecule has 3 aliphatic rings. The van der Waals surface area contributed by atoms with Crippen LogP contribution in [0.4, 0.5) is 0 Å². The smallest absolute Gasteiger partial charge is 0.226 e. The SMILES string of the molecule is O=C(C1C2CCCC21)N1CCC(Cl)C1. The van der Waals surface area contributed by atoms with E-state index < -0.39 is 0 Å². The van der Waals surface area contributed by atoms with Crippen LogP contribution < -0.4 is 0 Å². The molecule has 3 atom stereocenters. The van der Waals surface area contributed by atoms with Crippen molar-refractivity contribution >= 4 is 17.5 Å². The molecule has 2 nitrogen and oxygen atoms in total. The fraction of sp³-hybridized carbons (Fsp3) is 0.909. The number of nitrogens with zero attached hydrogens (tertiary/aromatic N) is 1. The number of hydrogen-bond acceptors (Lipinski definition) is 1. The van der Waals surface area contributed by atoms with Gasteiger partial charge in [0.15, 0.2) is 0 Å². The number of rotatable bonds is 1. The first-order chi connectivity index (χ1) is 6.77. The van der Waals surface area contributed by atoms with E-state index in [9.17, 15) is 4.79 Å². The lowest BCUT2D eigenvalue weighted by atomic mass is 10.1. The van der Waals surface area contributed by atoms with Crippen LogP contribution in [0.5, 0.6) is 0 Å². The summed E-state index contributed by atoms with van der Waals surface area (Å²) in [4.78, 5) is 14.0. The highest BCUT2D eigenvalue weighted by Crippen LogP contribution is 2.58. The summed E-state index contributed by atoms with van der Waals surface area (Å²) in [5.41, 5.74) is 0. The third-order valence-electron chi connectivity index (χ3n) is 4.13. The first-order valence-corrected chi connectivity index (χ1v) is 6.14. The Morgan fingerprint density at radius 3 is 2.50 bits per heavy atom. The molecular formula is C11H16ClNO. The Bertz CT molecular complexity index is 254. The van der Waals surface area contributed by atoms with Gasteiger partial charge in [0.2, 0.25) is 5.91 Å². The highest BCUT2D eigenvalue weighted by molar-refractivity contribution is 6.21. The number of carbonyl (C=O) groups excluding carboxylic acids is 1. The van der Waals surface area contributed by atoms with Gasteiger partial charge < -0.3 is 4.90 Å². The van der Waals surface area contributed by atoms with E-state index in [1.807, 2.05) is 4.90 Å². The van der Waals surface area contributed by atoms with Crippen LogP contribution in [0.15, 0.2) is 0 Å². The van der Waals surface area contributed by atoms with Crippen LogP contribution in [0.2, 0.25) is 0 Å². The summed E-state index contributed by atoms with van der Waals surface area (Å²) in [6.07, 6.45) is 4.91. The topological polar surface area (TPSA) is 20.3 Å². The van der Waals surface area contributed by atoms with Gasteiger partial charge in [-0.1, -0.05) is 6.42 Å². The van der Waals surface area contributed by atoms with E-state index in [-0.39, 0.29) is 5.38 Å². The normalized spacial score (nSPS) is 45.4. The van der Waals surface area contributed by atoms with E-state index in [4.69, 9.17) is 11.6 Å². The zero-order valence-corrected chi connectivity index (χ0v) is 9.04. The van der Waals surface area contributed by atoms with Crippen molar-refractivity contribution in [3.8, 4) is 0 Å². The van der Waals surface area contributed by atoms with E-state index in [1.54, 1.807) is 0 Å². The highest BCUT2D eigenvalue weighted by atomic mass is 35.5. The monoisotopic (exact) mass is 213 g/mol. The Morgan fingerprint density at radius 2 is 1.93 bits per heavy atom. The standard InChI is InChI=1S/C11H16ClNO/c12-7-4-5-13(6-7)11(14)10-8-2-1-3-9(8)10/h7-10H,1-6H2. The molecule has 0 bridgehead atoms. The fourth-order valence-corrected chi connectivity index (χ4v) is 3.58. The third kappa shape index (κ3) is 1.27. The summed E-state index contributed by atoms with van der Waals surface area (Å²) < 4.78 is 0. The Kier molecular flexibility index (Phi) is 2.01. The Balaban J connectivity index is 1.61. The molecule has 3 heteroatoms. The van der Waals surface area contributed by atoms with Gasteiger partial charge in [-0.25, -0.2) is 0 Å². The zero-order chi connectivity index (χ0) is 9.71. The van der Waals surface area contributed by atoms with Crippen LogP contribution in [0, 0.1) is 17.8 Å². The van der Waals surface area contributed by atoms with Gasteiger partial charge in [0, 0.05) is 19.0 Å². The molecule has 3 rings (SSSR count). The minimum absolute atomic E-state index is 0.206. The van der Waals surface area contributed by atoms with Crippen LogP contribution in [0.1, 0.15) is 25.7 Å². The minimum atomic E-state index is 0.206. The molecule has 0 aromatic carbocycles. The van der Waals surface area contributed by atoms with Crippen molar-refractivity contribution in [3.05, 3.63) is 0 Å². The first kappa shape index (κ1) is 9.02. The minimum Gasteiger partial charge on any atom is -0.341 e. The number of amides is 1. The van der Waals surface area contributed by atoms with Gasteiger partial charge in [0.05, 0.1) is 5.38 Å². The van der Waals surface area contributed by atoms with Gasteiger partial charge in [0.1, 0.15) is 0 Å². The van der Waals surface area contributed by atoms with Crippen molar-refractivity contribution in [3.63, 3.8) is 0 Å². The van der Waals surface area contributed by atoms with Crippen molar-refractivity contribution in [1.29, 1.82) is 0 Å². The van der Waals surface area contributed by atoms with E-state index in [2.05, 4.69) is 0 Å². The summed E-state index contributed by atoms with van der Waals surface area (Å²) >= 11 is 6.00. The summed E-state index contributed by atoms with van der Waals surface area (Å²) in [5, 5.41) is 0.206. The second-order valence-corrected chi connectivity index (χ2v) is 5.57. The summed E-state index contributed by atoms with van der Waals surface area (Å²) in [5.74, 6) is 2.29. The number of halogens is 1. The molecule has 3 fully saturated rings. The maximum atomic E-state index is 12.0. The summed E-state index contributed by atoms with van der Waals surface area (Å²) in [6, 6.07) is 0. The molecule has 3 unspecified atom stereocenters. The number of carbonyl (C=O) groups is 1. The Morgan fingerprint density at radius 1 is 1.21 bits per heavy atom. The number of fused-ring (bicyclic) bond motifs is 1. The average molecular weight is 214 g/mol. The molecule has 2 aliphatic carbocycles. The van der Waals surface area contributed by atoms with Crippen LogP contribution in [0.25, 0.3) is 0 Å². The predicted molar refractivity (Wildman–Crippen MR) is 55.2 cm³/mol. The zero-order valence-electron chi connectivity index (χ0n) is 8.29. The lowest BCUT2D eigenvalue weighted by Crippen LogP contribution is -2.31. The summed E-state index contributed by atoms with van der Waals surface area (Å²) in [6.45, 7) is 1.68. The van der Waals surface area contributed by atoms with Crippen LogP contribution in [-0.4, -0.2) is 29.3 Å². The van der Waals surface area contributed by atoms with Crippen molar-refractivity contribution in [1.82, 2.24) is 4.90 Å². The number of likely N-dealkylation sites (tertiary alicyclic amines) is 1. The number of alkyl halides is 1. The predicted octanol–water partition coefficient (Wildman–Crippen LogP) is 1.87. The molecule has 14 heavy (non-hydrogen) atoms. The maximum Gasteiger partial charge on any atom is 0.226 e. The average Bonchev–Trinajstić information content (AvgIpc) is 2.56. The largest absolute Gasteiger partial charge is 0.341 e. The van der Waals surface area contributed by atoms with Gasteiger partial charge in [-0.05, 0) is 31.1 Å². The molecule has 1 heterocycles. The van der Waals surface area contributed by atoms with E-state index in [1.165, 1.54) is 19.3 Å². The van der Waals surface area contributed by atoms with E-state index in [0.717, 1.165) is 31.3 Å². The first-order valence-electron chi connectivity index (χ1n) is 5.70. The quantitative estimate of drug-likeness (QED) is 0.609. The molecule has 2 saturated carbocycles. The van der Waals surface area contributed by atoms with Gasteiger partial charge in [-0.3, -0.25) is 4.79 Å². The van der Waals surface area contributed by atoms with Gasteiger partial charge >= 0.3 is 0 Å². The molecule has 78 valence electrons. The molecule has 0 spiro atoms. The molecular weight excluding hydrogens is 198 g/mol. The second kappa shape index (κ2) is 3.13. The third-order valence-corrected chi connectivity index (χ3v) is 4.49. The molecule has 1 aliphatic heterocycles. The number of hydrogen-bond donors (Lipinski definition) is 0. The van der Waals surface area contributed by atoms with Gasteiger partial charge in [-0.2, -0.15) is 0 Å². The molecule has 1 saturated heterocycles. The lowest BCUT2D eigenvalue weighted by molar-refractivity contribution is -0.132. The Labute approximate surface area is 89.6 Å². The Hall–Kier alpha value is -0.240. The molecule has 0 aromatic rings. The van der Waals surface area contributed by atoms with E-state index in [0.29, 0.717) is 11.8 Å². The maximum absolute atomic E-state index is 12.0. The molecule has 1 amide bonds. The molecule has 0 N–H and O–H groups in total. The van der Waals surface area contributed by atoms with Crippen molar-refractivity contribution in [2.75, 3.05) is 13.1 Å². The van der Waals surface area contributed by atoms with Crippen LogP contribution >= 0.6 is 11.6 Å². The molecule has 0 aromatic heterocycles. The van der Waals surface area contributed by atoms with Crippen LogP contribution in [0.3, 0.4) is 0 Å². The summed E-state index contributed by atoms with van der Waals surface area (Å²) in [7, 11) is 0. The van der Waals surface area contributed by atoms with Crippen molar-refractivity contribution in [2.45, 2.75) is 31.1 Å². The van der Waals surface area contributed by atoms with Crippen molar-refractivity contribution in [2.24, 2.45) is 17.8 Å². The van der Waals surface area contributed by atoms with Gasteiger partial charge in [-0.15, -0.1) is 11.6 Å². The van der Waals surface area contributed by atoms with Crippen LogP contribution in [-0.2, 0) is 4.79 Å². The van der Waals surface area contributed by atoms with Gasteiger partial charge in [0.25, 0.3) is 0 Å². The highest BCUT2D eigenvalue weighted by Gasteiger charge is 2.57. The fourth-order valence-electron chi connectivity index (χ4n) is 3.32. The van der Waals surface area contributed by atoms with Crippen molar-refractivity contribution < 1.29 is 4.79 Å². The molecule has 0 radical (unpaired) electrons. The van der Waals surface area contributed by atoms with E-state index >= 15 is 0 Å². The second-order valence-electron chi connectivity index (χ2n) is 4.95. The lowest BCUT2D eigenvalue weighted by Gasteiger charge is -2.16.